The van der Waals surface area contributed by atoms with Crippen LogP contribution in [0.3, 0.4) is 0 Å². The normalized spacial score (nSPS) is 13.0. The maximum absolute atomic E-state index is 12.0. The van der Waals surface area contributed by atoms with Gasteiger partial charge in [-0.05, 0) is 56.3 Å². The number of ether oxygens (including phenoxy) is 1. The first kappa shape index (κ1) is 30.8. The second kappa shape index (κ2) is 17.2. The summed E-state index contributed by atoms with van der Waals surface area (Å²) in [7, 11) is 0. The largest absolute Gasteiger partial charge is 0.381 e. The second-order valence-corrected chi connectivity index (χ2v) is 8.25. The summed E-state index contributed by atoms with van der Waals surface area (Å²) in [6.45, 7) is 6.91. The molecule has 0 aliphatic carbocycles. The summed E-state index contributed by atoms with van der Waals surface area (Å²) in [5, 5.41) is 9.28. The fourth-order valence-corrected chi connectivity index (χ4v) is 3.55. The Morgan fingerprint density at radius 2 is 1.94 bits per heavy atom. The van der Waals surface area contributed by atoms with Gasteiger partial charge in [-0.15, -0.1) is 0 Å². The van der Waals surface area contributed by atoms with Gasteiger partial charge < -0.3 is 32.2 Å². The van der Waals surface area contributed by atoms with Crippen LogP contribution in [0.5, 0.6) is 0 Å². The number of primary amides is 1. The van der Waals surface area contributed by atoms with Crippen molar-refractivity contribution in [3.05, 3.63) is 41.2 Å². The third kappa shape index (κ3) is 10.2. The molecule has 1 aromatic heterocycles. The van der Waals surface area contributed by atoms with E-state index in [0.29, 0.717) is 56.3 Å². The summed E-state index contributed by atoms with van der Waals surface area (Å²) in [4.78, 5) is 31.6. The number of carbonyl (C=O) groups is 2. The second-order valence-electron chi connectivity index (χ2n) is 8.25. The lowest BCUT2D eigenvalue weighted by atomic mass is 10.1. The summed E-state index contributed by atoms with van der Waals surface area (Å²) in [5.74, 6) is 0.337. The van der Waals surface area contributed by atoms with Gasteiger partial charge in [-0.2, -0.15) is 0 Å². The highest BCUT2D eigenvalue weighted by molar-refractivity contribution is 5.96. The Balaban J connectivity index is 0.000000983. The molecule has 10 nitrogen and oxygen atoms in total. The van der Waals surface area contributed by atoms with E-state index in [4.69, 9.17) is 16.2 Å². The maximum atomic E-state index is 12.0. The lowest BCUT2D eigenvalue weighted by Crippen LogP contribution is -2.29. The molecule has 2 amide bonds. The number of rotatable bonds is 12. The van der Waals surface area contributed by atoms with Crippen molar-refractivity contribution in [1.82, 2.24) is 15.3 Å². The van der Waals surface area contributed by atoms with Crippen LogP contribution in [0, 0.1) is 0 Å². The molecular weight excluding hydrogens is 458 g/mol. The fraction of sp³-hybridized carbons (Fsp3) is 0.538. The van der Waals surface area contributed by atoms with Crippen LogP contribution in [0.2, 0.25) is 0 Å². The van der Waals surface area contributed by atoms with Crippen molar-refractivity contribution in [2.75, 3.05) is 36.9 Å². The molecule has 1 aliphatic heterocycles. The number of aryl methyl sites for hydroxylation is 1. The quantitative estimate of drug-likeness (QED) is 0.219. The first-order valence-corrected chi connectivity index (χ1v) is 12.3. The highest BCUT2D eigenvalue weighted by Crippen LogP contribution is 2.24. The molecule has 0 bridgehead atoms. The number of hydrogen-bond acceptors (Lipinski definition) is 8. The third-order valence-corrected chi connectivity index (χ3v) is 5.49. The molecule has 36 heavy (non-hydrogen) atoms. The van der Waals surface area contributed by atoms with Crippen molar-refractivity contribution in [3.63, 3.8) is 0 Å². The minimum Gasteiger partial charge on any atom is -0.381 e. The maximum Gasteiger partial charge on any atom is 0.271 e. The van der Waals surface area contributed by atoms with Crippen LogP contribution in [0.1, 0.15) is 68.7 Å². The molecule has 1 saturated heterocycles. The number of aromatic nitrogens is 2. The Morgan fingerprint density at radius 1 is 1.19 bits per heavy atom. The van der Waals surface area contributed by atoms with Gasteiger partial charge in [-0.3, -0.25) is 9.59 Å². The number of nitrogens with zero attached hydrogens (tertiary/aromatic N) is 2. The number of hydrogen-bond donors (Lipinski definition) is 5. The molecule has 0 unspecified atom stereocenters. The molecule has 1 fully saturated rings. The van der Waals surface area contributed by atoms with E-state index in [1.54, 1.807) is 0 Å². The smallest absolute Gasteiger partial charge is 0.271 e. The molecule has 7 N–H and O–H groups in total. The molecule has 0 spiro atoms. The van der Waals surface area contributed by atoms with Gasteiger partial charge in [-0.25, -0.2) is 9.97 Å². The van der Waals surface area contributed by atoms with E-state index in [0.717, 1.165) is 30.6 Å². The monoisotopic (exact) mass is 501 g/mol. The summed E-state index contributed by atoms with van der Waals surface area (Å²) >= 11 is 0. The van der Waals surface area contributed by atoms with Gasteiger partial charge in [0.2, 0.25) is 6.41 Å². The van der Waals surface area contributed by atoms with Crippen molar-refractivity contribution in [2.45, 2.75) is 65.8 Å². The SMILES string of the molecule is C.CCCCN.CCc1nc(C(N)=O)c(Nc2cccc(CCNC=O)c2)nc1NC1CCOCC1. The van der Waals surface area contributed by atoms with Crippen LogP contribution in [-0.4, -0.2) is 54.6 Å². The molecule has 2 heterocycles. The van der Waals surface area contributed by atoms with Crippen LogP contribution in [0.15, 0.2) is 24.3 Å². The number of amides is 2. The predicted octanol–water partition coefficient (Wildman–Crippen LogP) is 3.14. The zero-order valence-corrected chi connectivity index (χ0v) is 20.8. The van der Waals surface area contributed by atoms with Gasteiger partial charge in [0.1, 0.15) is 0 Å². The minimum absolute atomic E-state index is 0. The van der Waals surface area contributed by atoms with Gasteiger partial charge in [0.15, 0.2) is 17.3 Å². The number of anilines is 3. The molecule has 1 aromatic carbocycles. The zero-order valence-electron chi connectivity index (χ0n) is 20.8. The molecule has 2 aromatic rings. The molecule has 200 valence electrons. The summed E-state index contributed by atoms with van der Waals surface area (Å²) in [6, 6.07) is 7.94. The first-order valence-electron chi connectivity index (χ1n) is 12.3. The Hall–Kier alpha value is -3.24. The van der Waals surface area contributed by atoms with Gasteiger partial charge >= 0.3 is 0 Å². The Labute approximate surface area is 215 Å². The highest BCUT2D eigenvalue weighted by Gasteiger charge is 2.20. The van der Waals surface area contributed by atoms with E-state index in [1.807, 2.05) is 31.2 Å². The standard InChI is InChI=1S/C21H28N6O3.C4H11N.CH4/c1-2-17-20(24-15-7-10-30-11-8-15)27-21(18(26-17)19(22)29)25-16-5-3-4-14(12-16)6-9-23-13-28;1-2-3-4-5;/h3-5,12-13,15H,2,6-11H2,1H3,(H2,22,29)(H,23,28)(H2,24,25,27);2-5H2,1H3;1H4. The third-order valence-electron chi connectivity index (χ3n) is 5.49. The van der Waals surface area contributed by atoms with E-state index in [1.165, 1.54) is 12.8 Å². The van der Waals surface area contributed by atoms with E-state index in [-0.39, 0.29) is 19.2 Å². The van der Waals surface area contributed by atoms with Crippen molar-refractivity contribution in [2.24, 2.45) is 11.5 Å². The van der Waals surface area contributed by atoms with Gasteiger partial charge in [0.05, 0.1) is 5.69 Å². The molecule has 0 atom stereocenters. The lowest BCUT2D eigenvalue weighted by Gasteiger charge is -2.25. The number of carbonyl (C=O) groups excluding carboxylic acids is 2. The molecule has 0 saturated carbocycles. The topological polar surface area (TPSA) is 157 Å². The number of nitrogens with two attached hydrogens (primary N) is 2. The van der Waals surface area contributed by atoms with Crippen molar-refractivity contribution in [3.8, 4) is 0 Å². The minimum atomic E-state index is -0.636. The fourth-order valence-electron chi connectivity index (χ4n) is 3.55. The van der Waals surface area contributed by atoms with Crippen molar-refractivity contribution in [1.29, 1.82) is 0 Å². The van der Waals surface area contributed by atoms with Gasteiger partial charge in [0.25, 0.3) is 5.91 Å². The van der Waals surface area contributed by atoms with Crippen molar-refractivity contribution >= 4 is 29.6 Å². The average molecular weight is 502 g/mol. The first-order chi connectivity index (χ1) is 17.0. The van der Waals surface area contributed by atoms with E-state index in [2.05, 4.69) is 32.8 Å². The van der Waals surface area contributed by atoms with Crippen LogP contribution in [0.4, 0.5) is 17.3 Å². The highest BCUT2D eigenvalue weighted by atomic mass is 16.5. The van der Waals surface area contributed by atoms with E-state index < -0.39 is 5.91 Å². The van der Waals surface area contributed by atoms with Gasteiger partial charge in [-0.1, -0.05) is 39.8 Å². The zero-order chi connectivity index (χ0) is 25.5. The number of nitrogens with one attached hydrogen (secondary N) is 3. The number of unbranched alkanes of at least 4 members (excludes halogenated alkanes) is 1. The van der Waals surface area contributed by atoms with Crippen LogP contribution < -0.4 is 27.4 Å². The van der Waals surface area contributed by atoms with Gasteiger partial charge in [0, 0.05) is 31.5 Å². The molecule has 1 aliphatic rings. The predicted molar refractivity (Wildman–Crippen MR) is 146 cm³/mol. The molecular formula is C26H43N7O3. The van der Waals surface area contributed by atoms with E-state index in [9.17, 15) is 9.59 Å². The Kier molecular flexibility index (Phi) is 14.7. The Bertz CT molecular complexity index is 932. The molecule has 0 radical (unpaired) electrons. The number of benzene rings is 1. The molecule has 3 rings (SSSR count). The van der Waals surface area contributed by atoms with Crippen LogP contribution in [0.25, 0.3) is 0 Å². The average Bonchev–Trinajstić information content (AvgIpc) is 2.86. The van der Waals surface area contributed by atoms with Crippen molar-refractivity contribution < 1.29 is 14.3 Å². The Morgan fingerprint density at radius 3 is 2.53 bits per heavy atom. The van der Waals surface area contributed by atoms with Crippen LogP contribution >= 0.6 is 0 Å². The molecule has 10 heteroatoms. The van der Waals surface area contributed by atoms with Crippen LogP contribution in [-0.2, 0) is 22.4 Å². The summed E-state index contributed by atoms with van der Waals surface area (Å²) in [5.41, 5.74) is 13.3. The lowest BCUT2D eigenvalue weighted by molar-refractivity contribution is -0.109. The summed E-state index contributed by atoms with van der Waals surface area (Å²) in [6.07, 6.45) is 6.16. The summed E-state index contributed by atoms with van der Waals surface area (Å²) < 4.78 is 5.42. The van der Waals surface area contributed by atoms with E-state index >= 15 is 0 Å².